The third-order valence-corrected chi connectivity index (χ3v) is 15.6. The van der Waals surface area contributed by atoms with Crippen molar-refractivity contribution in [2.24, 2.45) is 46.3 Å². The molecule has 4 aliphatic carbocycles. The molecular formula is C39H62O13. The zero-order valence-electron chi connectivity index (χ0n) is 31.2. The van der Waals surface area contributed by atoms with Gasteiger partial charge in [-0.2, -0.15) is 0 Å². The molecule has 13 heteroatoms. The first-order chi connectivity index (χ1) is 24.6. The smallest absolute Gasteiger partial charge is 0.187 e. The molecule has 0 unspecified atom stereocenters. The molecule has 8 aliphatic rings. The van der Waals surface area contributed by atoms with Crippen molar-refractivity contribution in [3.05, 3.63) is 11.6 Å². The Labute approximate surface area is 306 Å². The Morgan fingerprint density at radius 1 is 0.808 bits per heavy atom. The molecule has 0 amide bonds. The van der Waals surface area contributed by atoms with Crippen molar-refractivity contribution < 1.29 is 64.2 Å². The van der Waals surface area contributed by atoms with Crippen LogP contribution in [0.5, 0.6) is 0 Å². The topological polar surface area (TPSA) is 197 Å². The minimum Gasteiger partial charge on any atom is -0.394 e. The molecular weight excluding hydrogens is 676 g/mol. The SMILES string of the molecule is C[C@@H]1CC[C@@]2(OC1)O[C@H]1C[C@@H]3[C@@H]4[C@H](O)C=C5C[C@@H](O[C@H]6O[C@H](CO)[C@@H](O)[C@H](O)[C@H]6O[C@@H]6O[C@@H](C)[C@H](O)[C@@H](O)[C@H]6O)CC[C@]5(C)[C@H]4CC[C@]3(C)[C@H]1[C@@H]2C. The van der Waals surface area contributed by atoms with E-state index >= 15 is 0 Å². The summed E-state index contributed by atoms with van der Waals surface area (Å²) >= 11 is 0. The van der Waals surface area contributed by atoms with Crippen LogP contribution >= 0.6 is 0 Å². The fourth-order valence-electron chi connectivity index (χ4n) is 12.5. The van der Waals surface area contributed by atoms with Crippen LogP contribution in [0.3, 0.4) is 0 Å². The monoisotopic (exact) mass is 738 g/mol. The van der Waals surface area contributed by atoms with E-state index in [9.17, 15) is 35.7 Å². The molecule has 7 fully saturated rings. The number of ether oxygens (including phenoxy) is 6. The average Bonchev–Trinajstić information content (AvgIpc) is 3.56. The van der Waals surface area contributed by atoms with E-state index in [1.54, 1.807) is 0 Å². The summed E-state index contributed by atoms with van der Waals surface area (Å²) in [4.78, 5) is 0. The van der Waals surface area contributed by atoms with E-state index in [4.69, 9.17) is 28.4 Å². The maximum atomic E-state index is 12.0. The van der Waals surface area contributed by atoms with Crippen molar-refractivity contribution in [1.29, 1.82) is 0 Å². The number of aliphatic hydroxyl groups is 7. The lowest BCUT2D eigenvalue weighted by molar-refractivity contribution is -0.369. The number of aliphatic hydroxyl groups excluding tert-OH is 7. The van der Waals surface area contributed by atoms with E-state index in [0.29, 0.717) is 42.4 Å². The van der Waals surface area contributed by atoms with Crippen molar-refractivity contribution in [2.75, 3.05) is 13.2 Å². The molecule has 13 nitrogen and oxygen atoms in total. The van der Waals surface area contributed by atoms with Crippen molar-refractivity contribution in [3.8, 4) is 0 Å². The minimum absolute atomic E-state index is 0.0632. The van der Waals surface area contributed by atoms with Gasteiger partial charge in [-0.3, -0.25) is 0 Å². The highest BCUT2D eigenvalue weighted by Crippen LogP contribution is 2.70. The molecule has 296 valence electrons. The van der Waals surface area contributed by atoms with Gasteiger partial charge in [0.1, 0.15) is 42.7 Å². The second-order valence-electron chi connectivity index (χ2n) is 18.4. The summed E-state index contributed by atoms with van der Waals surface area (Å²) < 4.78 is 37.4. The lowest BCUT2D eigenvalue weighted by Crippen LogP contribution is -2.64. The lowest BCUT2D eigenvalue weighted by atomic mass is 9.46. The first-order valence-electron chi connectivity index (χ1n) is 20.0. The molecule has 1 spiro atoms. The Bertz CT molecular complexity index is 1340. The van der Waals surface area contributed by atoms with Gasteiger partial charge < -0.3 is 64.2 Å². The van der Waals surface area contributed by atoms with Crippen molar-refractivity contribution in [1.82, 2.24) is 0 Å². The Hall–Kier alpha value is -0.780. The van der Waals surface area contributed by atoms with E-state index in [1.807, 2.05) is 0 Å². The fourth-order valence-corrected chi connectivity index (χ4v) is 12.5. The van der Waals surface area contributed by atoms with E-state index in [1.165, 1.54) is 6.92 Å². The van der Waals surface area contributed by atoms with Crippen LogP contribution in [0, 0.1) is 46.3 Å². The highest BCUT2D eigenvalue weighted by Gasteiger charge is 2.69. The second kappa shape index (κ2) is 13.7. The molecule has 0 aromatic rings. The quantitative estimate of drug-likeness (QED) is 0.200. The van der Waals surface area contributed by atoms with Gasteiger partial charge >= 0.3 is 0 Å². The van der Waals surface area contributed by atoms with Gasteiger partial charge in [-0.15, -0.1) is 0 Å². The van der Waals surface area contributed by atoms with Gasteiger partial charge in [0.15, 0.2) is 18.4 Å². The molecule has 0 aromatic carbocycles. The molecule has 0 radical (unpaired) electrons. The van der Waals surface area contributed by atoms with Gasteiger partial charge in [0, 0.05) is 12.3 Å². The van der Waals surface area contributed by atoms with Crippen molar-refractivity contribution >= 4 is 0 Å². The van der Waals surface area contributed by atoms with Crippen molar-refractivity contribution in [2.45, 2.75) is 171 Å². The Morgan fingerprint density at radius 3 is 2.29 bits per heavy atom. The van der Waals surface area contributed by atoms with Crippen LogP contribution in [0.25, 0.3) is 0 Å². The van der Waals surface area contributed by atoms with Gasteiger partial charge in [-0.25, -0.2) is 0 Å². The Kier molecular flexibility index (Phi) is 10.0. The summed E-state index contributed by atoms with van der Waals surface area (Å²) in [6.45, 7) is 11.1. The van der Waals surface area contributed by atoms with E-state index in [-0.39, 0.29) is 29.0 Å². The molecule has 0 aromatic heterocycles. The molecule has 0 bridgehead atoms. The van der Waals surface area contributed by atoms with Crippen LogP contribution in [-0.4, -0.2) is 134 Å². The average molecular weight is 739 g/mol. The Morgan fingerprint density at radius 2 is 1.58 bits per heavy atom. The molecule has 52 heavy (non-hydrogen) atoms. The van der Waals surface area contributed by atoms with Crippen molar-refractivity contribution in [3.63, 3.8) is 0 Å². The van der Waals surface area contributed by atoms with Gasteiger partial charge in [0.2, 0.25) is 0 Å². The van der Waals surface area contributed by atoms with Crippen LogP contribution in [0.2, 0.25) is 0 Å². The van der Waals surface area contributed by atoms with Crippen LogP contribution < -0.4 is 0 Å². The maximum absolute atomic E-state index is 12.0. The van der Waals surface area contributed by atoms with Crippen LogP contribution in [0.1, 0.15) is 86.0 Å². The standard InChI is InChI=1S/C39H62O13/c1-17-6-11-39(47-16-17)18(2)28-25(52-39)14-23-27-22(8-10-38(23,28)5)37(4)9-7-21(12-20(37)13-24(27)41)49-36-34(32(45)30(43)26(15-40)50-36)51-35-33(46)31(44)29(42)19(3)48-35/h13,17-19,21-36,40-46H,6-12,14-16H2,1-5H3/t17-,18+,19+,21+,22+,23-,24-,25+,26-,27-,28+,29+,30-,31-,32+,33-,34-,35+,36+,37+,38+,39-/m1/s1. The van der Waals surface area contributed by atoms with Crippen LogP contribution in [-0.2, 0) is 28.4 Å². The summed E-state index contributed by atoms with van der Waals surface area (Å²) in [6, 6.07) is 0. The molecule has 4 heterocycles. The van der Waals surface area contributed by atoms with Crippen LogP contribution in [0.15, 0.2) is 11.6 Å². The highest BCUT2D eigenvalue weighted by atomic mass is 16.8. The number of fused-ring (bicyclic) bond motifs is 7. The van der Waals surface area contributed by atoms with E-state index in [0.717, 1.165) is 50.7 Å². The third-order valence-electron chi connectivity index (χ3n) is 15.6. The molecule has 8 rings (SSSR count). The zero-order valence-corrected chi connectivity index (χ0v) is 31.2. The summed E-state index contributed by atoms with van der Waals surface area (Å²) in [5, 5.41) is 74.9. The number of rotatable bonds is 5. The maximum Gasteiger partial charge on any atom is 0.187 e. The summed E-state index contributed by atoms with van der Waals surface area (Å²) in [5.41, 5.74) is 1.09. The normalized spacial score (nSPS) is 58.9. The molecule has 4 aliphatic heterocycles. The van der Waals surface area contributed by atoms with E-state index < -0.39 is 79.9 Å². The van der Waals surface area contributed by atoms with Gasteiger partial charge in [0.05, 0.1) is 37.6 Å². The Balaban J connectivity index is 0.984. The van der Waals surface area contributed by atoms with Gasteiger partial charge in [0.25, 0.3) is 0 Å². The minimum atomic E-state index is -1.64. The van der Waals surface area contributed by atoms with Crippen LogP contribution in [0.4, 0.5) is 0 Å². The summed E-state index contributed by atoms with van der Waals surface area (Å²) in [6.07, 6.45) is -5.30. The molecule has 3 saturated carbocycles. The largest absolute Gasteiger partial charge is 0.394 e. The first kappa shape index (κ1) is 38.1. The molecule has 7 N–H and O–H groups in total. The van der Waals surface area contributed by atoms with Gasteiger partial charge in [-0.05, 0) is 92.3 Å². The van der Waals surface area contributed by atoms with Gasteiger partial charge in [-0.1, -0.05) is 39.3 Å². The summed E-state index contributed by atoms with van der Waals surface area (Å²) in [5.74, 6) is 1.58. The predicted molar refractivity (Wildman–Crippen MR) is 183 cm³/mol. The molecule has 22 atom stereocenters. The first-order valence-corrected chi connectivity index (χ1v) is 20.0. The predicted octanol–water partition coefficient (Wildman–Crippen LogP) is 1.36. The fraction of sp³-hybridized carbons (Fsp3) is 0.949. The third kappa shape index (κ3) is 5.82. The lowest BCUT2D eigenvalue weighted by Gasteiger charge is -2.59. The highest BCUT2D eigenvalue weighted by molar-refractivity contribution is 5.29. The van der Waals surface area contributed by atoms with E-state index in [2.05, 4.69) is 33.8 Å². The number of hydrogen-bond donors (Lipinski definition) is 7. The summed E-state index contributed by atoms with van der Waals surface area (Å²) in [7, 11) is 0. The zero-order chi connectivity index (χ0) is 37.1. The number of hydrogen-bond acceptors (Lipinski definition) is 13. The molecule has 4 saturated heterocycles. The second-order valence-corrected chi connectivity index (χ2v) is 18.4.